The predicted molar refractivity (Wildman–Crippen MR) is 81.2 cm³/mol. The van der Waals surface area contributed by atoms with Gasteiger partial charge in [-0.05, 0) is 25.0 Å². The number of hydrogen-bond donors (Lipinski definition) is 2. The van der Waals surface area contributed by atoms with Crippen LogP contribution >= 0.6 is 11.8 Å². The van der Waals surface area contributed by atoms with E-state index < -0.39 is 5.60 Å². The van der Waals surface area contributed by atoms with Crippen LogP contribution in [0.25, 0.3) is 0 Å². The maximum absolute atomic E-state index is 12.3. The summed E-state index contributed by atoms with van der Waals surface area (Å²) in [6.45, 7) is 7.11. The first-order chi connectivity index (χ1) is 9.45. The molecule has 5 nitrogen and oxygen atoms in total. The first kappa shape index (κ1) is 15.4. The number of thioether (sulfide) groups is 1. The SMILES string of the molecule is CCn1cc(C(=O)NCC2(O)CCSC2)c(C(C)C)n1. The van der Waals surface area contributed by atoms with Gasteiger partial charge in [0, 0.05) is 25.0 Å². The van der Waals surface area contributed by atoms with Crippen molar-refractivity contribution >= 4 is 17.7 Å². The highest BCUT2D eigenvalue weighted by molar-refractivity contribution is 7.99. The third-order valence-electron chi connectivity index (χ3n) is 3.57. The Balaban J connectivity index is 2.06. The summed E-state index contributed by atoms with van der Waals surface area (Å²) in [6.07, 6.45) is 2.53. The first-order valence-electron chi connectivity index (χ1n) is 7.11. The maximum Gasteiger partial charge on any atom is 0.254 e. The van der Waals surface area contributed by atoms with Gasteiger partial charge in [0.05, 0.1) is 16.9 Å². The van der Waals surface area contributed by atoms with Crippen LogP contribution in [0, 0.1) is 0 Å². The molecule has 0 radical (unpaired) electrons. The number of amides is 1. The number of aryl methyl sites for hydroxylation is 1. The molecular weight excluding hydrogens is 274 g/mol. The van der Waals surface area contributed by atoms with E-state index in [2.05, 4.69) is 10.4 Å². The van der Waals surface area contributed by atoms with Crippen LogP contribution in [0.15, 0.2) is 6.20 Å². The first-order valence-corrected chi connectivity index (χ1v) is 8.26. The van der Waals surface area contributed by atoms with Crippen molar-refractivity contribution in [2.24, 2.45) is 0 Å². The van der Waals surface area contributed by atoms with Gasteiger partial charge in [-0.2, -0.15) is 16.9 Å². The van der Waals surface area contributed by atoms with Gasteiger partial charge in [-0.25, -0.2) is 0 Å². The second kappa shape index (κ2) is 6.18. The lowest BCUT2D eigenvalue weighted by Gasteiger charge is -2.21. The van der Waals surface area contributed by atoms with E-state index in [9.17, 15) is 9.90 Å². The maximum atomic E-state index is 12.3. The van der Waals surface area contributed by atoms with Crippen molar-refractivity contribution in [3.05, 3.63) is 17.5 Å². The Morgan fingerprint density at radius 2 is 2.40 bits per heavy atom. The molecule has 0 aliphatic carbocycles. The highest BCUT2D eigenvalue weighted by atomic mass is 32.2. The molecular formula is C14H23N3O2S. The van der Waals surface area contributed by atoms with Gasteiger partial charge in [0.1, 0.15) is 0 Å². The van der Waals surface area contributed by atoms with Crippen LogP contribution in [0.1, 0.15) is 49.2 Å². The summed E-state index contributed by atoms with van der Waals surface area (Å²) >= 11 is 1.73. The number of carbonyl (C=O) groups is 1. The van der Waals surface area contributed by atoms with Crippen molar-refractivity contribution in [1.29, 1.82) is 0 Å². The summed E-state index contributed by atoms with van der Waals surface area (Å²) in [5, 5.41) is 17.6. The fourth-order valence-corrected chi connectivity index (χ4v) is 3.57. The van der Waals surface area contributed by atoms with Gasteiger partial charge in [-0.15, -0.1) is 0 Å². The molecule has 1 aliphatic heterocycles. The molecule has 1 aromatic heterocycles. The van der Waals surface area contributed by atoms with E-state index in [-0.39, 0.29) is 11.8 Å². The number of carbonyl (C=O) groups excluding carboxylic acids is 1. The lowest BCUT2D eigenvalue weighted by atomic mass is 10.0. The number of nitrogens with one attached hydrogen (secondary N) is 1. The molecule has 20 heavy (non-hydrogen) atoms. The van der Waals surface area contributed by atoms with Gasteiger partial charge in [-0.1, -0.05) is 13.8 Å². The van der Waals surface area contributed by atoms with E-state index in [4.69, 9.17) is 0 Å². The molecule has 1 unspecified atom stereocenters. The number of aliphatic hydroxyl groups is 1. The third kappa shape index (κ3) is 3.35. The summed E-state index contributed by atoms with van der Waals surface area (Å²) in [5.74, 6) is 1.71. The molecule has 1 fully saturated rings. The van der Waals surface area contributed by atoms with Crippen LogP contribution in [0.4, 0.5) is 0 Å². The summed E-state index contributed by atoms with van der Waals surface area (Å²) in [7, 11) is 0. The van der Waals surface area contributed by atoms with Gasteiger partial charge < -0.3 is 10.4 Å². The molecule has 0 aromatic carbocycles. The van der Waals surface area contributed by atoms with Crippen LogP contribution < -0.4 is 5.32 Å². The van der Waals surface area contributed by atoms with Crippen LogP contribution in [0.3, 0.4) is 0 Å². The average molecular weight is 297 g/mol. The molecule has 1 amide bonds. The van der Waals surface area contributed by atoms with Crippen molar-refractivity contribution in [3.8, 4) is 0 Å². The van der Waals surface area contributed by atoms with Crippen molar-refractivity contribution in [3.63, 3.8) is 0 Å². The minimum atomic E-state index is -0.751. The van der Waals surface area contributed by atoms with E-state index in [1.165, 1.54) is 0 Å². The van der Waals surface area contributed by atoms with Gasteiger partial charge in [-0.3, -0.25) is 9.48 Å². The van der Waals surface area contributed by atoms with E-state index in [1.807, 2.05) is 20.8 Å². The highest BCUT2D eigenvalue weighted by Gasteiger charge is 2.32. The Hall–Kier alpha value is -1.01. The second-order valence-electron chi connectivity index (χ2n) is 5.65. The average Bonchev–Trinajstić information content (AvgIpc) is 3.02. The molecule has 2 rings (SSSR count). The monoisotopic (exact) mass is 297 g/mol. The normalized spacial score (nSPS) is 22.4. The second-order valence-corrected chi connectivity index (χ2v) is 6.75. The van der Waals surface area contributed by atoms with E-state index in [0.29, 0.717) is 17.9 Å². The Labute approximate surface area is 124 Å². The van der Waals surface area contributed by atoms with E-state index in [0.717, 1.165) is 24.4 Å². The summed E-state index contributed by atoms with van der Waals surface area (Å²) < 4.78 is 1.78. The van der Waals surface area contributed by atoms with E-state index >= 15 is 0 Å². The van der Waals surface area contributed by atoms with Gasteiger partial charge >= 0.3 is 0 Å². The molecule has 1 aromatic rings. The van der Waals surface area contributed by atoms with Crippen LogP contribution in [0.2, 0.25) is 0 Å². The topological polar surface area (TPSA) is 67.2 Å². The van der Waals surface area contributed by atoms with Gasteiger partial charge in [0.2, 0.25) is 0 Å². The minimum Gasteiger partial charge on any atom is -0.387 e. The zero-order valence-electron chi connectivity index (χ0n) is 12.3. The lowest BCUT2D eigenvalue weighted by Crippen LogP contribution is -2.43. The Bertz CT molecular complexity index is 479. The predicted octanol–water partition coefficient (Wildman–Crippen LogP) is 1.62. The summed E-state index contributed by atoms with van der Waals surface area (Å²) in [6, 6.07) is 0. The zero-order chi connectivity index (χ0) is 14.8. The third-order valence-corrected chi connectivity index (χ3v) is 4.80. The molecule has 1 aliphatic rings. The Morgan fingerprint density at radius 1 is 1.65 bits per heavy atom. The van der Waals surface area contributed by atoms with Gasteiger partial charge in [0.25, 0.3) is 5.91 Å². The molecule has 1 atom stereocenters. The quantitative estimate of drug-likeness (QED) is 0.867. The Morgan fingerprint density at radius 3 is 2.95 bits per heavy atom. The fourth-order valence-electron chi connectivity index (χ4n) is 2.28. The number of rotatable bonds is 5. The smallest absolute Gasteiger partial charge is 0.254 e. The Kier molecular flexibility index (Phi) is 4.75. The van der Waals surface area contributed by atoms with Crippen molar-refractivity contribution in [1.82, 2.24) is 15.1 Å². The fraction of sp³-hybridized carbons (Fsp3) is 0.714. The van der Waals surface area contributed by atoms with Crippen LogP contribution in [0.5, 0.6) is 0 Å². The summed E-state index contributed by atoms with van der Waals surface area (Å²) in [4.78, 5) is 12.3. The molecule has 112 valence electrons. The standard InChI is InChI=1S/C14H23N3O2S/c1-4-17-7-11(12(16-17)10(2)3)13(18)15-8-14(19)5-6-20-9-14/h7,10,19H,4-6,8-9H2,1-3H3,(H,15,18). The summed E-state index contributed by atoms with van der Waals surface area (Å²) in [5.41, 5.74) is 0.687. The zero-order valence-corrected chi connectivity index (χ0v) is 13.2. The molecule has 0 spiro atoms. The molecule has 0 saturated carbocycles. The molecule has 0 bridgehead atoms. The molecule has 1 saturated heterocycles. The van der Waals surface area contributed by atoms with Crippen LogP contribution in [-0.2, 0) is 6.54 Å². The molecule has 2 heterocycles. The van der Waals surface area contributed by atoms with Crippen molar-refractivity contribution in [2.45, 2.75) is 45.3 Å². The lowest BCUT2D eigenvalue weighted by molar-refractivity contribution is 0.0612. The van der Waals surface area contributed by atoms with Crippen molar-refractivity contribution in [2.75, 3.05) is 18.1 Å². The van der Waals surface area contributed by atoms with Crippen LogP contribution in [-0.4, -0.2) is 44.4 Å². The van der Waals surface area contributed by atoms with E-state index in [1.54, 1.807) is 22.6 Å². The number of aromatic nitrogens is 2. The molecule has 6 heteroatoms. The molecule has 2 N–H and O–H groups in total. The highest BCUT2D eigenvalue weighted by Crippen LogP contribution is 2.27. The van der Waals surface area contributed by atoms with Crippen molar-refractivity contribution < 1.29 is 9.90 Å². The minimum absolute atomic E-state index is 0.140. The van der Waals surface area contributed by atoms with Gasteiger partial charge in [0.15, 0.2) is 0 Å². The largest absolute Gasteiger partial charge is 0.387 e. The number of nitrogens with zero attached hydrogens (tertiary/aromatic N) is 2. The number of hydrogen-bond acceptors (Lipinski definition) is 4.